The SMILES string of the molecule is CCC#Cc1nccc(N2CCN(c3cc(-c4ccccc4O)nnc3N)CCC2C)n1. The Bertz CT molecular complexity index is 1150. The molecule has 1 saturated heterocycles. The van der Waals surface area contributed by atoms with Crippen LogP contribution in [-0.2, 0) is 0 Å². The number of benzene rings is 1. The van der Waals surface area contributed by atoms with Crippen molar-refractivity contribution in [2.24, 2.45) is 0 Å². The first-order valence-corrected chi connectivity index (χ1v) is 10.8. The monoisotopic (exact) mass is 429 g/mol. The van der Waals surface area contributed by atoms with E-state index >= 15 is 0 Å². The number of para-hydroxylation sites is 1. The van der Waals surface area contributed by atoms with Crippen LogP contribution in [0.25, 0.3) is 11.3 Å². The van der Waals surface area contributed by atoms with Gasteiger partial charge >= 0.3 is 0 Å². The van der Waals surface area contributed by atoms with Gasteiger partial charge in [-0.15, -0.1) is 10.2 Å². The van der Waals surface area contributed by atoms with Gasteiger partial charge in [0.05, 0.1) is 11.4 Å². The zero-order chi connectivity index (χ0) is 22.5. The summed E-state index contributed by atoms with van der Waals surface area (Å²) in [5.74, 6) is 8.01. The maximum atomic E-state index is 10.2. The van der Waals surface area contributed by atoms with Crippen molar-refractivity contribution in [3.63, 3.8) is 0 Å². The second-order valence-corrected chi connectivity index (χ2v) is 7.73. The number of aromatic hydroxyl groups is 1. The van der Waals surface area contributed by atoms with Crippen LogP contribution >= 0.6 is 0 Å². The first kappa shape index (κ1) is 21.4. The van der Waals surface area contributed by atoms with E-state index in [-0.39, 0.29) is 11.8 Å². The number of hydrogen-bond acceptors (Lipinski definition) is 8. The van der Waals surface area contributed by atoms with Crippen molar-refractivity contribution in [1.29, 1.82) is 0 Å². The van der Waals surface area contributed by atoms with Crippen LogP contribution in [-0.4, -0.2) is 50.9 Å². The number of rotatable bonds is 3. The Morgan fingerprint density at radius 2 is 2.00 bits per heavy atom. The van der Waals surface area contributed by atoms with Gasteiger partial charge < -0.3 is 20.6 Å². The van der Waals surface area contributed by atoms with Gasteiger partial charge in [0.2, 0.25) is 5.82 Å². The normalized spacial score (nSPS) is 16.2. The van der Waals surface area contributed by atoms with Crippen molar-refractivity contribution in [2.75, 3.05) is 35.2 Å². The van der Waals surface area contributed by atoms with Gasteiger partial charge in [0.15, 0.2) is 5.82 Å². The summed E-state index contributed by atoms with van der Waals surface area (Å²) in [6.45, 7) is 6.55. The van der Waals surface area contributed by atoms with Gasteiger partial charge in [-0.2, -0.15) is 0 Å². The van der Waals surface area contributed by atoms with E-state index < -0.39 is 0 Å². The highest BCUT2D eigenvalue weighted by atomic mass is 16.3. The van der Waals surface area contributed by atoms with E-state index in [0.717, 1.165) is 44.0 Å². The molecule has 32 heavy (non-hydrogen) atoms. The molecule has 8 heteroatoms. The lowest BCUT2D eigenvalue weighted by Crippen LogP contribution is -2.35. The Balaban J connectivity index is 1.58. The fraction of sp³-hybridized carbons (Fsp3) is 0.333. The third-order valence-electron chi connectivity index (χ3n) is 5.59. The van der Waals surface area contributed by atoms with Crippen LogP contribution in [0.3, 0.4) is 0 Å². The number of aromatic nitrogens is 4. The smallest absolute Gasteiger partial charge is 0.206 e. The number of phenolic OH excluding ortho intramolecular Hbond substituents is 1. The highest BCUT2D eigenvalue weighted by molar-refractivity contribution is 5.74. The van der Waals surface area contributed by atoms with E-state index in [1.807, 2.05) is 31.2 Å². The number of phenols is 1. The van der Waals surface area contributed by atoms with Gasteiger partial charge in [0.25, 0.3) is 0 Å². The topological polar surface area (TPSA) is 104 Å². The molecule has 1 aliphatic heterocycles. The fourth-order valence-corrected chi connectivity index (χ4v) is 3.84. The van der Waals surface area contributed by atoms with E-state index in [1.54, 1.807) is 18.3 Å². The fourth-order valence-electron chi connectivity index (χ4n) is 3.84. The molecule has 1 fully saturated rings. The molecule has 8 nitrogen and oxygen atoms in total. The quantitative estimate of drug-likeness (QED) is 0.612. The number of anilines is 3. The van der Waals surface area contributed by atoms with Crippen LogP contribution in [0.5, 0.6) is 5.75 Å². The van der Waals surface area contributed by atoms with Gasteiger partial charge in [0.1, 0.15) is 11.6 Å². The molecular formula is C24H27N7O. The molecule has 0 amide bonds. The third kappa shape index (κ3) is 4.57. The first-order chi connectivity index (χ1) is 15.6. The maximum absolute atomic E-state index is 10.2. The molecular weight excluding hydrogens is 402 g/mol. The Morgan fingerprint density at radius 1 is 1.16 bits per heavy atom. The first-order valence-electron chi connectivity index (χ1n) is 10.8. The average molecular weight is 430 g/mol. The highest BCUT2D eigenvalue weighted by Gasteiger charge is 2.24. The van der Waals surface area contributed by atoms with Crippen LogP contribution < -0.4 is 15.5 Å². The van der Waals surface area contributed by atoms with E-state index in [1.165, 1.54) is 0 Å². The summed E-state index contributed by atoms with van der Waals surface area (Å²) in [6.07, 6.45) is 3.46. The van der Waals surface area contributed by atoms with E-state index in [2.05, 4.69) is 48.7 Å². The van der Waals surface area contributed by atoms with Crippen LogP contribution in [0.15, 0.2) is 42.6 Å². The minimum absolute atomic E-state index is 0.166. The van der Waals surface area contributed by atoms with Crippen LogP contribution in [0.1, 0.15) is 32.5 Å². The van der Waals surface area contributed by atoms with Gasteiger partial charge in [0, 0.05) is 43.9 Å². The highest BCUT2D eigenvalue weighted by Crippen LogP contribution is 2.32. The molecule has 0 spiro atoms. The zero-order valence-electron chi connectivity index (χ0n) is 18.4. The minimum Gasteiger partial charge on any atom is -0.507 e. The summed E-state index contributed by atoms with van der Waals surface area (Å²) in [5.41, 5.74) is 8.26. The molecule has 3 N–H and O–H groups in total. The number of hydrogen-bond donors (Lipinski definition) is 2. The van der Waals surface area contributed by atoms with Crippen LogP contribution in [0.2, 0.25) is 0 Å². The lowest BCUT2D eigenvalue weighted by Gasteiger charge is -2.28. The lowest BCUT2D eigenvalue weighted by atomic mass is 10.1. The Morgan fingerprint density at radius 3 is 2.81 bits per heavy atom. The Hall–Kier alpha value is -3.86. The van der Waals surface area contributed by atoms with Gasteiger partial charge in [-0.1, -0.05) is 25.0 Å². The van der Waals surface area contributed by atoms with Crippen molar-refractivity contribution >= 4 is 17.3 Å². The third-order valence-corrected chi connectivity index (χ3v) is 5.59. The average Bonchev–Trinajstić information content (AvgIpc) is 3.00. The summed E-state index contributed by atoms with van der Waals surface area (Å²) in [6, 6.07) is 11.2. The van der Waals surface area contributed by atoms with Crippen molar-refractivity contribution in [2.45, 2.75) is 32.7 Å². The van der Waals surface area contributed by atoms with Crippen LogP contribution in [0, 0.1) is 11.8 Å². The summed E-state index contributed by atoms with van der Waals surface area (Å²) in [7, 11) is 0. The largest absolute Gasteiger partial charge is 0.507 e. The van der Waals surface area contributed by atoms with E-state index in [4.69, 9.17) is 5.73 Å². The predicted octanol–water partition coefficient (Wildman–Crippen LogP) is 3.09. The van der Waals surface area contributed by atoms with Crippen molar-refractivity contribution in [1.82, 2.24) is 20.2 Å². The number of nitrogen functional groups attached to an aromatic ring is 1. The number of nitrogens with two attached hydrogens (primary N) is 1. The predicted molar refractivity (Wildman–Crippen MR) is 126 cm³/mol. The van der Waals surface area contributed by atoms with E-state index in [9.17, 15) is 5.11 Å². The van der Waals surface area contributed by atoms with E-state index in [0.29, 0.717) is 22.9 Å². The summed E-state index contributed by atoms with van der Waals surface area (Å²) in [4.78, 5) is 13.4. The molecule has 3 aromatic rings. The summed E-state index contributed by atoms with van der Waals surface area (Å²) < 4.78 is 0. The molecule has 4 rings (SSSR count). The molecule has 0 aliphatic carbocycles. The standard InChI is InChI=1S/C24H27N7O/c1-3-4-9-22-26-12-10-23(27-22)31-15-14-30(13-11-17(31)2)20-16-19(28-29-24(20)25)18-7-5-6-8-21(18)32/h5-8,10,12,16-17,32H,3,11,13-15H2,1-2H3,(H2,25,29). The van der Waals surface area contributed by atoms with Gasteiger partial charge in [-0.3, -0.25) is 0 Å². The molecule has 1 aliphatic rings. The van der Waals surface area contributed by atoms with Crippen molar-refractivity contribution in [3.8, 4) is 28.8 Å². The van der Waals surface area contributed by atoms with Crippen LogP contribution in [0.4, 0.5) is 17.3 Å². The molecule has 2 aromatic heterocycles. The van der Waals surface area contributed by atoms with Crippen molar-refractivity contribution < 1.29 is 5.11 Å². The molecule has 1 aromatic carbocycles. The minimum atomic E-state index is 0.166. The summed E-state index contributed by atoms with van der Waals surface area (Å²) >= 11 is 0. The molecule has 164 valence electrons. The second kappa shape index (κ2) is 9.52. The molecule has 1 unspecified atom stereocenters. The Labute approximate surface area is 188 Å². The second-order valence-electron chi connectivity index (χ2n) is 7.73. The maximum Gasteiger partial charge on any atom is 0.206 e. The molecule has 0 saturated carbocycles. The lowest BCUT2D eigenvalue weighted by molar-refractivity contribution is 0.477. The summed E-state index contributed by atoms with van der Waals surface area (Å²) in [5, 5.41) is 18.6. The molecule has 0 bridgehead atoms. The zero-order valence-corrected chi connectivity index (χ0v) is 18.4. The molecule has 1 atom stereocenters. The molecule has 3 heterocycles. The Kier molecular flexibility index (Phi) is 6.36. The molecule has 0 radical (unpaired) electrons. The van der Waals surface area contributed by atoms with Crippen molar-refractivity contribution in [3.05, 3.63) is 48.4 Å². The van der Waals surface area contributed by atoms with Gasteiger partial charge in [-0.25, -0.2) is 9.97 Å². The number of nitrogens with zero attached hydrogens (tertiary/aromatic N) is 6. The van der Waals surface area contributed by atoms with Gasteiger partial charge in [-0.05, 0) is 43.5 Å².